The number of nitrogens with one attached hydrogen (secondary N) is 1. The Hall–Kier alpha value is -0.380. The molecule has 2 nitrogen and oxygen atoms in total. The van der Waals surface area contributed by atoms with Crippen molar-refractivity contribution in [3.63, 3.8) is 0 Å². The van der Waals surface area contributed by atoms with Crippen LogP contribution in [-0.2, 0) is 4.74 Å². The van der Waals surface area contributed by atoms with E-state index in [1.54, 1.807) is 11.3 Å². The maximum atomic E-state index is 5.78. The van der Waals surface area contributed by atoms with E-state index in [0.29, 0.717) is 0 Å². The van der Waals surface area contributed by atoms with E-state index in [2.05, 4.69) is 23.7 Å². The van der Waals surface area contributed by atoms with Crippen LogP contribution in [0.4, 0.5) is 0 Å². The van der Waals surface area contributed by atoms with Crippen LogP contribution in [-0.4, -0.2) is 19.7 Å². The Morgan fingerprint density at radius 3 is 3.31 bits per heavy atom. The number of ether oxygens (including phenoxy) is 1. The molecule has 1 unspecified atom stereocenters. The summed E-state index contributed by atoms with van der Waals surface area (Å²) in [5, 5.41) is 5.53. The average Bonchev–Trinajstić information content (AvgIpc) is 2.43. The normalized spacial score (nSPS) is 24.2. The third kappa shape index (κ3) is 2.10. The third-order valence-electron chi connectivity index (χ3n) is 2.34. The minimum atomic E-state index is 0.280. The predicted octanol–water partition coefficient (Wildman–Crippen LogP) is 2.11. The fourth-order valence-electron chi connectivity index (χ4n) is 1.60. The first-order chi connectivity index (χ1) is 6.38. The Kier molecular flexibility index (Phi) is 2.98. The van der Waals surface area contributed by atoms with Gasteiger partial charge in [0.1, 0.15) is 6.10 Å². The van der Waals surface area contributed by atoms with Gasteiger partial charge in [-0.05, 0) is 36.9 Å². The fraction of sp³-hybridized carbons (Fsp3) is 0.600. The van der Waals surface area contributed by atoms with Gasteiger partial charge in [-0.3, -0.25) is 0 Å². The van der Waals surface area contributed by atoms with Gasteiger partial charge in [-0.1, -0.05) is 0 Å². The minimum absolute atomic E-state index is 0.280. The van der Waals surface area contributed by atoms with Crippen LogP contribution in [0.25, 0.3) is 0 Å². The Balaban J connectivity index is 2.10. The molecule has 0 bridgehead atoms. The molecule has 2 heterocycles. The van der Waals surface area contributed by atoms with Gasteiger partial charge in [-0.15, -0.1) is 11.3 Å². The lowest BCUT2D eigenvalue weighted by Crippen LogP contribution is -2.19. The molecule has 1 saturated heterocycles. The summed E-state index contributed by atoms with van der Waals surface area (Å²) in [6.07, 6.45) is 1.41. The second-order valence-electron chi connectivity index (χ2n) is 3.38. The molecule has 1 atom stereocenters. The van der Waals surface area contributed by atoms with Crippen molar-refractivity contribution in [3.05, 3.63) is 21.9 Å². The van der Waals surface area contributed by atoms with Crippen molar-refractivity contribution in [2.24, 2.45) is 0 Å². The van der Waals surface area contributed by atoms with Crippen LogP contribution in [0.5, 0.6) is 0 Å². The highest BCUT2D eigenvalue weighted by atomic mass is 32.1. The highest BCUT2D eigenvalue weighted by Gasteiger charge is 2.17. The van der Waals surface area contributed by atoms with Gasteiger partial charge in [-0.25, -0.2) is 0 Å². The lowest BCUT2D eigenvalue weighted by molar-refractivity contribution is 0.0690. The molecule has 72 valence electrons. The molecule has 1 aromatic rings. The molecular formula is C10H15NOS. The van der Waals surface area contributed by atoms with E-state index in [1.165, 1.54) is 10.4 Å². The lowest BCUT2D eigenvalue weighted by atomic mass is 10.2. The van der Waals surface area contributed by atoms with Gasteiger partial charge < -0.3 is 10.1 Å². The monoisotopic (exact) mass is 197 g/mol. The van der Waals surface area contributed by atoms with Crippen molar-refractivity contribution in [2.75, 3.05) is 19.7 Å². The summed E-state index contributed by atoms with van der Waals surface area (Å²) in [5.74, 6) is 0. The van der Waals surface area contributed by atoms with Crippen molar-refractivity contribution in [1.82, 2.24) is 5.32 Å². The average molecular weight is 197 g/mol. The molecule has 0 amide bonds. The number of hydrogen-bond acceptors (Lipinski definition) is 3. The quantitative estimate of drug-likeness (QED) is 0.744. The number of hydrogen-bond donors (Lipinski definition) is 1. The minimum Gasteiger partial charge on any atom is -0.371 e. The van der Waals surface area contributed by atoms with Crippen LogP contribution in [0.2, 0.25) is 0 Å². The summed E-state index contributed by atoms with van der Waals surface area (Å²) in [6, 6.07) is 2.16. The summed E-state index contributed by atoms with van der Waals surface area (Å²) in [7, 11) is 0. The van der Waals surface area contributed by atoms with E-state index >= 15 is 0 Å². The van der Waals surface area contributed by atoms with Crippen LogP contribution in [0, 0.1) is 6.92 Å². The molecule has 1 aliphatic rings. The Morgan fingerprint density at radius 1 is 1.62 bits per heavy atom. The van der Waals surface area contributed by atoms with E-state index in [0.717, 1.165) is 26.1 Å². The molecule has 0 aliphatic carbocycles. The van der Waals surface area contributed by atoms with Gasteiger partial charge in [0.2, 0.25) is 0 Å². The predicted molar refractivity (Wildman–Crippen MR) is 55.2 cm³/mol. The first kappa shape index (κ1) is 9.19. The van der Waals surface area contributed by atoms with Crippen molar-refractivity contribution in [2.45, 2.75) is 19.4 Å². The summed E-state index contributed by atoms with van der Waals surface area (Å²) in [6.45, 7) is 5.08. The van der Waals surface area contributed by atoms with Crippen LogP contribution in [0.1, 0.15) is 23.0 Å². The number of aryl methyl sites for hydroxylation is 1. The molecule has 0 saturated carbocycles. The molecule has 3 heteroatoms. The van der Waals surface area contributed by atoms with Gasteiger partial charge in [0.05, 0.1) is 0 Å². The smallest absolute Gasteiger partial charge is 0.104 e. The molecule has 13 heavy (non-hydrogen) atoms. The standard InChI is InChI=1S/C10H15NOS/c1-8-3-6-13-10(8)9-7-11-4-2-5-12-9/h3,6,9,11H,2,4-5,7H2,1H3. The fourth-order valence-corrected chi connectivity index (χ4v) is 2.57. The largest absolute Gasteiger partial charge is 0.371 e. The highest BCUT2D eigenvalue weighted by molar-refractivity contribution is 7.10. The molecule has 1 aromatic heterocycles. The Labute approximate surface area is 82.9 Å². The third-order valence-corrected chi connectivity index (χ3v) is 3.45. The SMILES string of the molecule is Cc1ccsc1C1CNCCCO1. The molecule has 0 aromatic carbocycles. The molecule has 0 radical (unpaired) electrons. The molecule has 2 rings (SSSR count). The van der Waals surface area contributed by atoms with E-state index in [9.17, 15) is 0 Å². The van der Waals surface area contributed by atoms with Gasteiger partial charge >= 0.3 is 0 Å². The van der Waals surface area contributed by atoms with Gasteiger partial charge in [0.15, 0.2) is 0 Å². The van der Waals surface area contributed by atoms with Crippen molar-refractivity contribution >= 4 is 11.3 Å². The van der Waals surface area contributed by atoms with Crippen LogP contribution in [0.15, 0.2) is 11.4 Å². The molecule has 1 aliphatic heterocycles. The molecular weight excluding hydrogens is 182 g/mol. The lowest BCUT2D eigenvalue weighted by Gasteiger charge is -2.14. The van der Waals surface area contributed by atoms with E-state index in [4.69, 9.17) is 4.74 Å². The Bertz CT molecular complexity index is 264. The van der Waals surface area contributed by atoms with Gasteiger partial charge in [0, 0.05) is 18.0 Å². The van der Waals surface area contributed by atoms with E-state index < -0.39 is 0 Å². The van der Waals surface area contributed by atoms with Gasteiger partial charge in [0.25, 0.3) is 0 Å². The maximum absolute atomic E-state index is 5.78. The first-order valence-electron chi connectivity index (χ1n) is 4.74. The van der Waals surface area contributed by atoms with Crippen molar-refractivity contribution in [1.29, 1.82) is 0 Å². The summed E-state index contributed by atoms with van der Waals surface area (Å²) < 4.78 is 5.78. The molecule has 1 N–H and O–H groups in total. The van der Waals surface area contributed by atoms with Gasteiger partial charge in [-0.2, -0.15) is 0 Å². The van der Waals surface area contributed by atoms with Crippen molar-refractivity contribution < 1.29 is 4.74 Å². The second-order valence-corrected chi connectivity index (χ2v) is 4.33. The first-order valence-corrected chi connectivity index (χ1v) is 5.62. The Morgan fingerprint density at radius 2 is 2.54 bits per heavy atom. The zero-order valence-electron chi connectivity index (χ0n) is 7.88. The zero-order valence-corrected chi connectivity index (χ0v) is 8.69. The second kappa shape index (κ2) is 4.22. The maximum Gasteiger partial charge on any atom is 0.104 e. The molecule has 1 fully saturated rings. The van der Waals surface area contributed by atoms with Crippen molar-refractivity contribution in [3.8, 4) is 0 Å². The highest BCUT2D eigenvalue weighted by Crippen LogP contribution is 2.27. The van der Waals surface area contributed by atoms with Crippen LogP contribution < -0.4 is 5.32 Å². The van der Waals surface area contributed by atoms with E-state index in [1.807, 2.05) is 0 Å². The number of rotatable bonds is 1. The van der Waals surface area contributed by atoms with Crippen LogP contribution in [0.3, 0.4) is 0 Å². The molecule has 0 spiro atoms. The van der Waals surface area contributed by atoms with Crippen LogP contribution >= 0.6 is 11.3 Å². The number of thiophene rings is 1. The zero-order chi connectivity index (χ0) is 9.10. The van der Waals surface area contributed by atoms with E-state index in [-0.39, 0.29) is 6.10 Å². The summed E-state index contributed by atoms with van der Waals surface area (Å²) in [5.41, 5.74) is 1.36. The topological polar surface area (TPSA) is 21.3 Å². The summed E-state index contributed by atoms with van der Waals surface area (Å²) in [4.78, 5) is 1.38. The summed E-state index contributed by atoms with van der Waals surface area (Å²) >= 11 is 1.80.